The highest BCUT2D eigenvalue weighted by atomic mass is 16.5. The number of hydrogen-bond acceptors (Lipinski definition) is 4. The van der Waals surface area contributed by atoms with Crippen LogP contribution >= 0.6 is 0 Å². The molecule has 6 heteroatoms. The van der Waals surface area contributed by atoms with Gasteiger partial charge in [-0.25, -0.2) is 0 Å². The van der Waals surface area contributed by atoms with E-state index in [2.05, 4.69) is 69.9 Å². The lowest BCUT2D eigenvalue weighted by Crippen LogP contribution is -2.42. The summed E-state index contributed by atoms with van der Waals surface area (Å²) < 4.78 is 5.47. The second-order valence-corrected chi connectivity index (χ2v) is 7.38. The van der Waals surface area contributed by atoms with Crippen molar-refractivity contribution in [2.45, 2.75) is 52.1 Å². The van der Waals surface area contributed by atoms with Crippen LogP contribution < -0.4 is 10.6 Å². The topological polar surface area (TPSA) is 65.7 Å². The molecule has 0 saturated carbocycles. The Morgan fingerprint density at radius 3 is 2.75 bits per heavy atom. The van der Waals surface area contributed by atoms with Crippen molar-refractivity contribution in [1.29, 1.82) is 0 Å². The number of aliphatic imine (C=N–C) groups is 1. The summed E-state index contributed by atoms with van der Waals surface area (Å²) in [6.07, 6.45) is 3.30. The van der Waals surface area contributed by atoms with Crippen LogP contribution in [-0.2, 0) is 19.5 Å². The highest BCUT2D eigenvalue weighted by Crippen LogP contribution is 2.22. The molecule has 1 aliphatic rings. The maximum Gasteiger partial charge on any atom is 0.191 e. The minimum absolute atomic E-state index is 0.476. The molecule has 6 nitrogen and oxygen atoms in total. The molecule has 0 radical (unpaired) electrons. The maximum absolute atomic E-state index is 5.47. The number of rotatable bonds is 8. The van der Waals surface area contributed by atoms with Gasteiger partial charge in [-0.15, -0.1) is 0 Å². The van der Waals surface area contributed by atoms with Crippen LogP contribution in [0.25, 0.3) is 0 Å². The van der Waals surface area contributed by atoms with E-state index < -0.39 is 0 Å². The van der Waals surface area contributed by atoms with Gasteiger partial charge in [0.25, 0.3) is 0 Å². The van der Waals surface area contributed by atoms with E-state index >= 15 is 0 Å². The van der Waals surface area contributed by atoms with Crippen molar-refractivity contribution in [2.75, 3.05) is 26.7 Å². The Bertz CT molecular complexity index is 766. The number of benzene rings is 1. The standard InChI is InChI=1S/C22H33N5O/c1-4-17(5-2)21-14-20(28-26-21)15-25-22(23-3)24-11-13-27-12-10-18-8-6-7-9-19(18)16-27/h6-9,14,17H,4-5,10-13,15-16H2,1-3H3,(H2,23,24,25). The molecule has 0 spiro atoms. The van der Waals surface area contributed by atoms with Crippen LogP contribution in [0.1, 0.15) is 55.2 Å². The SMILES string of the molecule is CCC(CC)c1cc(CNC(=NC)NCCN2CCc3ccccc3C2)on1. The Kier molecular flexibility index (Phi) is 7.48. The molecule has 0 fully saturated rings. The molecule has 3 rings (SSSR count). The highest BCUT2D eigenvalue weighted by Gasteiger charge is 2.15. The lowest BCUT2D eigenvalue weighted by atomic mass is 9.99. The van der Waals surface area contributed by atoms with E-state index in [-0.39, 0.29) is 0 Å². The van der Waals surface area contributed by atoms with Crippen molar-refractivity contribution in [2.24, 2.45) is 4.99 Å². The lowest BCUT2D eigenvalue weighted by Gasteiger charge is -2.28. The van der Waals surface area contributed by atoms with Crippen molar-refractivity contribution in [3.63, 3.8) is 0 Å². The molecule has 0 amide bonds. The summed E-state index contributed by atoms with van der Waals surface area (Å²) in [6.45, 7) is 8.96. The zero-order valence-electron chi connectivity index (χ0n) is 17.4. The van der Waals surface area contributed by atoms with E-state index in [1.165, 1.54) is 11.1 Å². The van der Waals surface area contributed by atoms with Gasteiger partial charge in [0.2, 0.25) is 0 Å². The largest absolute Gasteiger partial charge is 0.359 e. The van der Waals surface area contributed by atoms with E-state index in [9.17, 15) is 0 Å². The molecule has 2 heterocycles. The van der Waals surface area contributed by atoms with Crippen LogP contribution in [0.4, 0.5) is 0 Å². The van der Waals surface area contributed by atoms with Crippen molar-refractivity contribution in [1.82, 2.24) is 20.7 Å². The average Bonchev–Trinajstić information content (AvgIpc) is 3.20. The summed E-state index contributed by atoms with van der Waals surface area (Å²) in [5, 5.41) is 10.9. The Labute approximate surface area is 168 Å². The first-order valence-electron chi connectivity index (χ1n) is 10.4. The van der Waals surface area contributed by atoms with Crippen molar-refractivity contribution >= 4 is 5.96 Å². The summed E-state index contributed by atoms with van der Waals surface area (Å²) in [7, 11) is 1.79. The number of aromatic nitrogens is 1. The van der Waals surface area contributed by atoms with Crippen molar-refractivity contribution in [3.8, 4) is 0 Å². The molecule has 0 aliphatic carbocycles. The molecule has 0 unspecified atom stereocenters. The van der Waals surface area contributed by atoms with Crippen LogP contribution in [0.2, 0.25) is 0 Å². The summed E-state index contributed by atoms with van der Waals surface area (Å²) >= 11 is 0. The Hall–Kier alpha value is -2.34. The number of hydrogen-bond donors (Lipinski definition) is 2. The number of fused-ring (bicyclic) bond motifs is 1. The summed E-state index contributed by atoms with van der Waals surface area (Å²) in [5.41, 5.74) is 3.99. The van der Waals surface area contributed by atoms with Gasteiger partial charge in [-0.2, -0.15) is 0 Å². The fraction of sp³-hybridized carbons (Fsp3) is 0.545. The Morgan fingerprint density at radius 1 is 1.21 bits per heavy atom. The molecule has 28 heavy (non-hydrogen) atoms. The number of nitrogens with one attached hydrogen (secondary N) is 2. The van der Waals surface area contributed by atoms with Gasteiger partial charge in [-0.05, 0) is 30.4 Å². The zero-order chi connectivity index (χ0) is 19.8. The van der Waals surface area contributed by atoms with Crippen molar-refractivity contribution < 1.29 is 4.52 Å². The van der Waals surface area contributed by atoms with Gasteiger partial charge in [0, 0.05) is 45.2 Å². The van der Waals surface area contributed by atoms with Gasteiger partial charge in [0.15, 0.2) is 11.7 Å². The van der Waals surface area contributed by atoms with Gasteiger partial charge in [0.1, 0.15) is 0 Å². The van der Waals surface area contributed by atoms with E-state index in [4.69, 9.17) is 4.52 Å². The van der Waals surface area contributed by atoms with Crippen LogP contribution in [0.5, 0.6) is 0 Å². The molecule has 2 aromatic rings. The van der Waals surface area contributed by atoms with Crippen molar-refractivity contribution in [3.05, 3.63) is 52.9 Å². The molecule has 1 aromatic heterocycles. The normalized spacial score (nSPS) is 14.9. The Balaban J connectivity index is 1.41. The third-order valence-electron chi connectivity index (χ3n) is 5.56. The minimum atomic E-state index is 0.476. The molecule has 1 aliphatic heterocycles. The van der Waals surface area contributed by atoms with E-state index in [1.807, 2.05) is 0 Å². The van der Waals surface area contributed by atoms with Gasteiger partial charge < -0.3 is 15.2 Å². The van der Waals surface area contributed by atoms with Crippen LogP contribution in [0.15, 0.2) is 39.8 Å². The van der Waals surface area contributed by atoms with Gasteiger partial charge in [-0.1, -0.05) is 43.3 Å². The summed E-state index contributed by atoms with van der Waals surface area (Å²) in [6, 6.07) is 10.8. The van der Waals surface area contributed by atoms with E-state index in [1.54, 1.807) is 7.05 Å². The second kappa shape index (κ2) is 10.3. The molecular weight excluding hydrogens is 350 g/mol. The maximum atomic E-state index is 5.47. The predicted molar refractivity (Wildman–Crippen MR) is 113 cm³/mol. The monoisotopic (exact) mass is 383 g/mol. The predicted octanol–water partition coefficient (Wildman–Crippen LogP) is 3.30. The summed E-state index contributed by atoms with van der Waals surface area (Å²) in [4.78, 5) is 6.80. The quantitative estimate of drug-likeness (QED) is 0.541. The fourth-order valence-electron chi connectivity index (χ4n) is 3.78. The molecule has 1 aromatic carbocycles. The smallest absolute Gasteiger partial charge is 0.191 e. The van der Waals surface area contributed by atoms with Crippen LogP contribution in [0.3, 0.4) is 0 Å². The first-order chi connectivity index (χ1) is 13.7. The molecular formula is C22H33N5O. The molecule has 0 atom stereocenters. The first kappa shape index (κ1) is 20.4. The van der Waals surface area contributed by atoms with E-state index in [0.29, 0.717) is 12.5 Å². The third-order valence-corrected chi connectivity index (χ3v) is 5.56. The highest BCUT2D eigenvalue weighted by molar-refractivity contribution is 5.79. The molecule has 0 bridgehead atoms. The van der Waals surface area contributed by atoms with Gasteiger partial charge in [0.05, 0.1) is 12.2 Å². The lowest BCUT2D eigenvalue weighted by molar-refractivity contribution is 0.258. The molecule has 0 saturated heterocycles. The Morgan fingerprint density at radius 2 is 2.00 bits per heavy atom. The zero-order valence-corrected chi connectivity index (χ0v) is 17.4. The average molecular weight is 384 g/mol. The van der Waals surface area contributed by atoms with Gasteiger partial charge >= 0.3 is 0 Å². The van der Waals surface area contributed by atoms with E-state index in [0.717, 1.165) is 62.9 Å². The molecule has 2 N–H and O–H groups in total. The summed E-state index contributed by atoms with van der Waals surface area (Å²) in [5.74, 6) is 2.11. The van der Waals surface area contributed by atoms with Gasteiger partial charge in [-0.3, -0.25) is 9.89 Å². The first-order valence-corrected chi connectivity index (χ1v) is 10.4. The molecule has 152 valence electrons. The minimum Gasteiger partial charge on any atom is -0.359 e. The number of guanidine groups is 1. The van der Waals surface area contributed by atoms with Crippen LogP contribution in [-0.4, -0.2) is 42.7 Å². The fourth-order valence-corrected chi connectivity index (χ4v) is 3.78. The number of nitrogens with zero attached hydrogens (tertiary/aromatic N) is 3. The second-order valence-electron chi connectivity index (χ2n) is 7.38. The third kappa shape index (κ3) is 5.35. The van der Waals surface area contributed by atoms with Crippen LogP contribution in [0, 0.1) is 0 Å².